The largest absolute Gasteiger partial charge is 0.478 e. The second-order valence-corrected chi connectivity index (χ2v) is 4.19. The Morgan fingerprint density at radius 3 is 2.94 bits per heavy atom. The molecular weight excluding hydrogens is 242 g/mol. The van der Waals surface area contributed by atoms with E-state index in [2.05, 4.69) is 5.16 Å². The van der Waals surface area contributed by atoms with E-state index < -0.39 is 12.1 Å². The predicted molar refractivity (Wildman–Crippen MR) is 64.0 cm³/mol. The molecule has 0 aliphatic carbocycles. The lowest BCUT2D eigenvalue weighted by Crippen LogP contribution is -2.22. The molecule has 1 aromatic rings. The first-order valence-electron chi connectivity index (χ1n) is 5.07. The number of nitrogens with zero attached hydrogens (tertiary/aromatic N) is 1. The van der Waals surface area contributed by atoms with Gasteiger partial charge in [0.1, 0.15) is 0 Å². The van der Waals surface area contributed by atoms with Crippen LogP contribution in [0, 0.1) is 0 Å². The molecule has 0 saturated heterocycles. The minimum Gasteiger partial charge on any atom is -0.478 e. The van der Waals surface area contributed by atoms with Crippen LogP contribution in [-0.4, -0.2) is 29.2 Å². The normalized spacial score (nSPS) is 13.1. The Bertz CT molecular complexity index is 400. The Balaban J connectivity index is 2.72. The number of carboxylic acid groups (broad SMARTS) is 1. The quantitative estimate of drug-likeness (QED) is 0.595. The average molecular weight is 254 g/mol. The van der Waals surface area contributed by atoms with E-state index in [1.807, 2.05) is 6.92 Å². The summed E-state index contributed by atoms with van der Waals surface area (Å²) >= 11 is 1.31. The summed E-state index contributed by atoms with van der Waals surface area (Å²) in [4.78, 5) is 26.9. The van der Waals surface area contributed by atoms with E-state index in [4.69, 9.17) is 9.94 Å². The van der Waals surface area contributed by atoms with Crippen molar-refractivity contribution in [3.8, 4) is 0 Å². The lowest BCUT2D eigenvalue weighted by molar-refractivity contribution is -0.150. The highest BCUT2D eigenvalue weighted by Gasteiger charge is 2.18. The molecule has 1 atom stereocenters. The zero-order valence-corrected chi connectivity index (χ0v) is 10.1. The topological polar surface area (TPSA) is 76.0 Å². The van der Waals surface area contributed by atoms with Crippen LogP contribution in [0.5, 0.6) is 0 Å². The first-order valence-corrected chi connectivity index (χ1v) is 5.95. The molecule has 6 heteroatoms. The average Bonchev–Trinajstić information content (AvgIpc) is 2.82. The molecule has 1 rings (SSSR count). The molecule has 17 heavy (non-hydrogen) atoms. The van der Waals surface area contributed by atoms with Crippen LogP contribution in [0.4, 0.5) is 0 Å². The van der Waals surface area contributed by atoms with E-state index in [9.17, 15) is 9.59 Å². The molecule has 0 aliphatic heterocycles. The third-order valence-corrected chi connectivity index (χ3v) is 2.83. The number of carboxylic acids is 1. The SMILES string of the molecule is CCCC(O/N=C(/[C]=O)c1cccs1)C(=O)O. The van der Waals surface area contributed by atoms with Crippen LogP contribution in [0.2, 0.25) is 0 Å². The fourth-order valence-electron chi connectivity index (χ4n) is 1.13. The van der Waals surface area contributed by atoms with Crippen LogP contribution < -0.4 is 0 Å². The number of oxime groups is 1. The summed E-state index contributed by atoms with van der Waals surface area (Å²) in [7, 11) is 0. The molecule has 1 N–H and O–H groups in total. The van der Waals surface area contributed by atoms with Gasteiger partial charge in [-0.15, -0.1) is 11.3 Å². The molecule has 1 radical (unpaired) electrons. The summed E-state index contributed by atoms with van der Waals surface area (Å²) < 4.78 is 0. The van der Waals surface area contributed by atoms with Gasteiger partial charge in [-0.3, -0.25) is 4.79 Å². The summed E-state index contributed by atoms with van der Waals surface area (Å²) in [6.45, 7) is 1.84. The maximum Gasteiger partial charge on any atom is 0.347 e. The van der Waals surface area contributed by atoms with Crippen molar-refractivity contribution in [3.05, 3.63) is 22.4 Å². The van der Waals surface area contributed by atoms with Crippen molar-refractivity contribution >= 4 is 29.3 Å². The molecule has 0 fully saturated rings. The smallest absolute Gasteiger partial charge is 0.347 e. The van der Waals surface area contributed by atoms with Crippen LogP contribution in [0.25, 0.3) is 0 Å². The van der Waals surface area contributed by atoms with Crippen molar-refractivity contribution < 1.29 is 19.5 Å². The summed E-state index contributed by atoms with van der Waals surface area (Å²) in [5, 5.41) is 14.2. The number of hydrogen-bond acceptors (Lipinski definition) is 5. The number of carbonyl (C=O) groups is 1. The molecule has 1 unspecified atom stereocenters. The Labute approximate surface area is 103 Å². The van der Waals surface area contributed by atoms with E-state index >= 15 is 0 Å². The highest BCUT2D eigenvalue weighted by Crippen LogP contribution is 2.10. The lowest BCUT2D eigenvalue weighted by atomic mass is 10.2. The Kier molecular flexibility index (Phi) is 5.35. The van der Waals surface area contributed by atoms with Gasteiger partial charge in [0.2, 0.25) is 6.10 Å². The minimum atomic E-state index is -1.09. The van der Waals surface area contributed by atoms with Gasteiger partial charge in [-0.25, -0.2) is 4.79 Å². The number of rotatable bonds is 7. The number of hydrogen-bond donors (Lipinski definition) is 1. The van der Waals surface area contributed by atoms with Crippen LogP contribution >= 0.6 is 11.3 Å². The van der Waals surface area contributed by atoms with Crippen molar-refractivity contribution in [3.63, 3.8) is 0 Å². The third kappa shape index (κ3) is 3.99. The first kappa shape index (κ1) is 13.4. The molecule has 0 aromatic carbocycles. The fourth-order valence-corrected chi connectivity index (χ4v) is 1.78. The minimum absolute atomic E-state index is 0.0117. The zero-order chi connectivity index (χ0) is 12.7. The van der Waals surface area contributed by atoms with Gasteiger partial charge in [0.15, 0.2) is 5.71 Å². The molecular formula is C11H12NO4S. The molecule has 0 bridgehead atoms. The number of thiophene rings is 1. The highest BCUT2D eigenvalue weighted by atomic mass is 32.1. The molecule has 91 valence electrons. The second kappa shape index (κ2) is 6.80. The highest BCUT2D eigenvalue weighted by molar-refractivity contribution is 7.12. The van der Waals surface area contributed by atoms with Gasteiger partial charge in [0, 0.05) is 0 Å². The van der Waals surface area contributed by atoms with Crippen LogP contribution in [0.3, 0.4) is 0 Å². The first-order chi connectivity index (χ1) is 8.19. The van der Waals surface area contributed by atoms with Gasteiger partial charge in [-0.05, 0) is 17.9 Å². The van der Waals surface area contributed by atoms with E-state index in [0.29, 0.717) is 17.7 Å². The van der Waals surface area contributed by atoms with Crippen molar-refractivity contribution in [1.29, 1.82) is 0 Å². The van der Waals surface area contributed by atoms with E-state index in [1.54, 1.807) is 23.8 Å². The van der Waals surface area contributed by atoms with Gasteiger partial charge in [0.25, 0.3) is 6.29 Å². The number of aliphatic carboxylic acids is 1. The summed E-state index contributed by atoms with van der Waals surface area (Å²) in [6.07, 6.45) is 1.61. The molecule has 1 aromatic heterocycles. The predicted octanol–water partition coefficient (Wildman–Crippen LogP) is 1.83. The summed E-state index contributed by atoms with van der Waals surface area (Å²) in [6, 6.07) is 3.45. The second-order valence-electron chi connectivity index (χ2n) is 3.24. The standard InChI is InChI=1S/C11H12NO4S/c1-2-4-9(11(14)15)16-12-8(7-13)10-5-3-6-17-10/h3,5-6,9H,2,4H2,1H3,(H,14,15)/b12-8-. The van der Waals surface area contributed by atoms with E-state index in [0.717, 1.165) is 0 Å². The zero-order valence-electron chi connectivity index (χ0n) is 9.25. The van der Waals surface area contributed by atoms with Gasteiger partial charge in [-0.2, -0.15) is 0 Å². The van der Waals surface area contributed by atoms with Crippen molar-refractivity contribution in [2.75, 3.05) is 0 Å². The summed E-state index contributed by atoms with van der Waals surface area (Å²) in [5.41, 5.74) is -0.0117. The van der Waals surface area contributed by atoms with Crippen molar-refractivity contribution in [2.24, 2.45) is 5.16 Å². The molecule has 0 amide bonds. The van der Waals surface area contributed by atoms with Gasteiger partial charge in [0.05, 0.1) is 4.88 Å². The third-order valence-electron chi connectivity index (χ3n) is 1.95. The maximum absolute atomic E-state index is 10.8. The monoisotopic (exact) mass is 254 g/mol. The Morgan fingerprint density at radius 2 is 2.47 bits per heavy atom. The Morgan fingerprint density at radius 1 is 1.71 bits per heavy atom. The lowest BCUT2D eigenvalue weighted by Gasteiger charge is -2.08. The Hall–Kier alpha value is -1.69. The van der Waals surface area contributed by atoms with Gasteiger partial charge < -0.3 is 9.94 Å². The molecule has 1 heterocycles. The maximum atomic E-state index is 10.8. The van der Waals surface area contributed by atoms with Crippen LogP contribution in [0.15, 0.2) is 22.7 Å². The molecule has 0 aliphatic rings. The fraction of sp³-hybridized carbons (Fsp3) is 0.364. The summed E-state index contributed by atoms with van der Waals surface area (Å²) in [5.74, 6) is -1.09. The molecule has 0 saturated carbocycles. The van der Waals surface area contributed by atoms with Crippen LogP contribution in [0.1, 0.15) is 24.6 Å². The van der Waals surface area contributed by atoms with Gasteiger partial charge in [-0.1, -0.05) is 24.6 Å². The van der Waals surface area contributed by atoms with Crippen LogP contribution in [-0.2, 0) is 14.4 Å². The van der Waals surface area contributed by atoms with E-state index in [1.165, 1.54) is 11.3 Å². The molecule has 0 spiro atoms. The van der Waals surface area contributed by atoms with Crippen molar-refractivity contribution in [2.45, 2.75) is 25.9 Å². The van der Waals surface area contributed by atoms with Gasteiger partial charge >= 0.3 is 5.97 Å². The number of carbonyl (C=O) groups excluding carboxylic acids is 1. The van der Waals surface area contributed by atoms with Crippen molar-refractivity contribution in [1.82, 2.24) is 0 Å². The molecule has 5 nitrogen and oxygen atoms in total. The van der Waals surface area contributed by atoms with E-state index in [-0.39, 0.29) is 5.71 Å².